The fourth-order valence-corrected chi connectivity index (χ4v) is 3.25. The first-order valence-electron chi connectivity index (χ1n) is 8.53. The molecule has 0 unspecified atom stereocenters. The summed E-state index contributed by atoms with van der Waals surface area (Å²) in [6.07, 6.45) is 2.39. The van der Waals surface area contributed by atoms with E-state index in [4.69, 9.17) is 4.74 Å². The van der Waals surface area contributed by atoms with Gasteiger partial charge in [0.15, 0.2) is 0 Å². The molecule has 5 heteroatoms. The molecule has 1 aliphatic rings. The second-order valence-electron chi connectivity index (χ2n) is 6.46. The predicted octanol–water partition coefficient (Wildman–Crippen LogP) is 2.65. The van der Waals surface area contributed by atoms with Crippen molar-refractivity contribution in [1.82, 2.24) is 14.7 Å². The van der Waals surface area contributed by atoms with Crippen LogP contribution in [0.1, 0.15) is 29.8 Å². The summed E-state index contributed by atoms with van der Waals surface area (Å²) in [7, 11) is 1.92. The number of amides is 1. The van der Waals surface area contributed by atoms with Crippen molar-refractivity contribution in [2.75, 3.05) is 13.1 Å². The van der Waals surface area contributed by atoms with E-state index in [-0.39, 0.29) is 12.0 Å². The zero-order chi connectivity index (χ0) is 17.1. The summed E-state index contributed by atoms with van der Waals surface area (Å²) in [6, 6.07) is 9.90. The van der Waals surface area contributed by atoms with Crippen molar-refractivity contribution >= 4 is 5.91 Å². The third-order valence-corrected chi connectivity index (χ3v) is 4.83. The van der Waals surface area contributed by atoms with E-state index < -0.39 is 0 Å². The second-order valence-corrected chi connectivity index (χ2v) is 6.46. The van der Waals surface area contributed by atoms with E-state index in [2.05, 4.69) is 5.10 Å². The van der Waals surface area contributed by atoms with Crippen LogP contribution in [0, 0.1) is 13.8 Å². The lowest BCUT2D eigenvalue weighted by Gasteiger charge is -2.32. The molecule has 1 amide bonds. The molecule has 5 nitrogen and oxygen atoms in total. The molecule has 0 spiro atoms. The average molecular weight is 327 g/mol. The normalized spacial score (nSPS) is 15.5. The molecule has 128 valence electrons. The second kappa shape index (κ2) is 7.07. The smallest absolute Gasteiger partial charge is 0.227 e. The van der Waals surface area contributed by atoms with Crippen LogP contribution < -0.4 is 4.74 Å². The summed E-state index contributed by atoms with van der Waals surface area (Å²) in [6.45, 7) is 5.50. The van der Waals surface area contributed by atoms with Gasteiger partial charge in [-0.25, -0.2) is 0 Å². The number of rotatable bonds is 4. The van der Waals surface area contributed by atoms with Crippen LogP contribution in [0.15, 0.2) is 30.3 Å². The highest BCUT2D eigenvalue weighted by atomic mass is 16.5. The molecule has 1 fully saturated rings. The molecule has 0 bridgehead atoms. The number of benzene rings is 1. The highest BCUT2D eigenvalue weighted by Crippen LogP contribution is 2.20. The zero-order valence-corrected chi connectivity index (χ0v) is 14.7. The maximum atomic E-state index is 12.6. The Hall–Kier alpha value is -2.30. The monoisotopic (exact) mass is 327 g/mol. The minimum atomic E-state index is 0.187. The van der Waals surface area contributed by atoms with Crippen LogP contribution in [0.25, 0.3) is 0 Å². The van der Waals surface area contributed by atoms with E-state index in [1.807, 2.05) is 60.8 Å². The molecule has 0 aliphatic carbocycles. The number of aryl methyl sites for hydroxylation is 2. The molecular formula is C19H25N3O2. The van der Waals surface area contributed by atoms with Crippen LogP contribution in [0.3, 0.4) is 0 Å². The maximum Gasteiger partial charge on any atom is 0.227 e. The average Bonchev–Trinajstić information content (AvgIpc) is 2.83. The van der Waals surface area contributed by atoms with Crippen LogP contribution in [0.2, 0.25) is 0 Å². The fraction of sp³-hybridized carbons (Fsp3) is 0.474. The van der Waals surface area contributed by atoms with Crippen LogP contribution >= 0.6 is 0 Å². The number of hydrogen-bond donors (Lipinski definition) is 0. The number of nitrogens with zero attached hydrogens (tertiary/aromatic N) is 3. The van der Waals surface area contributed by atoms with E-state index >= 15 is 0 Å². The lowest BCUT2D eigenvalue weighted by molar-refractivity contribution is -0.132. The first-order chi connectivity index (χ1) is 11.5. The minimum absolute atomic E-state index is 0.187. The van der Waals surface area contributed by atoms with Gasteiger partial charge in [-0.3, -0.25) is 9.48 Å². The highest BCUT2D eigenvalue weighted by Gasteiger charge is 2.25. The van der Waals surface area contributed by atoms with Gasteiger partial charge in [0.05, 0.1) is 12.1 Å². The summed E-state index contributed by atoms with van der Waals surface area (Å²) >= 11 is 0. The molecule has 24 heavy (non-hydrogen) atoms. The van der Waals surface area contributed by atoms with Crippen molar-refractivity contribution in [3.05, 3.63) is 47.3 Å². The summed E-state index contributed by atoms with van der Waals surface area (Å²) in [5.41, 5.74) is 3.08. The van der Waals surface area contributed by atoms with E-state index in [1.165, 1.54) is 0 Å². The number of ether oxygens (including phenoxy) is 1. The summed E-state index contributed by atoms with van der Waals surface area (Å²) in [4.78, 5) is 14.5. The highest BCUT2D eigenvalue weighted by molar-refractivity contribution is 5.79. The number of carbonyl (C=O) groups excluding carboxylic acids is 1. The summed E-state index contributed by atoms with van der Waals surface area (Å²) < 4.78 is 7.84. The molecule has 2 aromatic rings. The summed E-state index contributed by atoms with van der Waals surface area (Å²) in [5, 5.41) is 4.39. The Morgan fingerprint density at radius 2 is 1.88 bits per heavy atom. The quantitative estimate of drug-likeness (QED) is 0.867. The first-order valence-corrected chi connectivity index (χ1v) is 8.53. The molecule has 0 N–H and O–H groups in total. The molecule has 1 aromatic carbocycles. The van der Waals surface area contributed by atoms with Crippen LogP contribution in [-0.4, -0.2) is 39.8 Å². The van der Waals surface area contributed by atoms with E-state index in [1.54, 1.807) is 0 Å². The number of para-hydroxylation sites is 1. The third kappa shape index (κ3) is 3.61. The molecule has 1 aliphatic heterocycles. The molecule has 0 radical (unpaired) electrons. The van der Waals surface area contributed by atoms with Crippen molar-refractivity contribution < 1.29 is 9.53 Å². The van der Waals surface area contributed by atoms with Gasteiger partial charge in [0.2, 0.25) is 5.91 Å². The summed E-state index contributed by atoms with van der Waals surface area (Å²) in [5.74, 6) is 1.09. The lowest BCUT2D eigenvalue weighted by atomic mass is 10.0. The Morgan fingerprint density at radius 1 is 1.21 bits per heavy atom. The Balaban J connectivity index is 1.53. The zero-order valence-electron chi connectivity index (χ0n) is 14.7. The Labute approximate surface area is 143 Å². The molecule has 0 saturated carbocycles. The third-order valence-electron chi connectivity index (χ3n) is 4.83. The largest absolute Gasteiger partial charge is 0.490 e. The number of piperidine rings is 1. The number of hydrogen-bond acceptors (Lipinski definition) is 3. The van der Waals surface area contributed by atoms with Crippen LogP contribution in [0.5, 0.6) is 5.75 Å². The standard InChI is InChI=1S/C19H25N3O2/c1-14-18(15(2)21(3)20-14)13-19(23)22-11-9-17(10-12-22)24-16-7-5-4-6-8-16/h4-8,17H,9-13H2,1-3H3. The fourth-order valence-electron chi connectivity index (χ4n) is 3.25. The minimum Gasteiger partial charge on any atom is -0.490 e. The first kappa shape index (κ1) is 16.6. The Kier molecular flexibility index (Phi) is 4.88. The van der Waals surface area contributed by atoms with E-state index in [9.17, 15) is 4.79 Å². The Bertz CT molecular complexity index is 701. The molecule has 2 heterocycles. The van der Waals surface area contributed by atoms with Crippen molar-refractivity contribution in [2.45, 2.75) is 39.2 Å². The van der Waals surface area contributed by atoms with E-state index in [0.29, 0.717) is 6.42 Å². The SMILES string of the molecule is Cc1nn(C)c(C)c1CC(=O)N1CCC(Oc2ccccc2)CC1. The van der Waals surface area contributed by atoms with Crippen LogP contribution in [0.4, 0.5) is 0 Å². The Morgan fingerprint density at radius 3 is 2.46 bits per heavy atom. The van der Waals surface area contributed by atoms with Crippen molar-refractivity contribution in [2.24, 2.45) is 7.05 Å². The van der Waals surface area contributed by atoms with Gasteiger partial charge in [-0.1, -0.05) is 18.2 Å². The molecule has 1 aromatic heterocycles. The van der Waals surface area contributed by atoms with Gasteiger partial charge >= 0.3 is 0 Å². The van der Waals surface area contributed by atoms with Crippen molar-refractivity contribution in [1.29, 1.82) is 0 Å². The predicted molar refractivity (Wildman–Crippen MR) is 93.1 cm³/mol. The lowest BCUT2D eigenvalue weighted by Crippen LogP contribution is -2.42. The molecular weight excluding hydrogens is 302 g/mol. The molecule has 0 atom stereocenters. The van der Waals surface area contributed by atoms with Gasteiger partial charge in [-0.15, -0.1) is 0 Å². The van der Waals surface area contributed by atoms with Gasteiger partial charge < -0.3 is 9.64 Å². The molecule has 1 saturated heterocycles. The number of aromatic nitrogens is 2. The topological polar surface area (TPSA) is 47.4 Å². The van der Waals surface area contributed by atoms with Crippen molar-refractivity contribution in [3.8, 4) is 5.75 Å². The van der Waals surface area contributed by atoms with Gasteiger partial charge in [0.25, 0.3) is 0 Å². The number of likely N-dealkylation sites (tertiary alicyclic amines) is 1. The van der Waals surface area contributed by atoms with Gasteiger partial charge in [-0.05, 0) is 26.0 Å². The van der Waals surface area contributed by atoms with Gasteiger partial charge in [-0.2, -0.15) is 5.10 Å². The maximum absolute atomic E-state index is 12.6. The molecule has 3 rings (SSSR count). The van der Waals surface area contributed by atoms with Gasteiger partial charge in [0.1, 0.15) is 11.9 Å². The number of carbonyl (C=O) groups is 1. The van der Waals surface area contributed by atoms with Gasteiger partial charge in [0, 0.05) is 44.2 Å². The van der Waals surface area contributed by atoms with Crippen molar-refractivity contribution in [3.63, 3.8) is 0 Å². The van der Waals surface area contributed by atoms with Crippen LogP contribution in [-0.2, 0) is 18.3 Å². The van der Waals surface area contributed by atoms with E-state index in [0.717, 1.165) is 48.6 Å².